The number of carbonyl (C=O) groups is 1. The van der Waals surface area contributed by atoms with E-state index in [9.17, 15) is 13.6 Å². The minimum atomic E-state index is -2.99. The molecule has 0 atom stereocenters. The first-order valence-corrected chi connectivity index (χ1v) is 11.5. The highest BCUT2D eigenvalue weighted by Gasteiger charge is 2.16. The summed E-state index contributed by atoms with van der Waals surface area (Å²) in [6.07, 6.45) is 0. The van der Waals surface area contributed by atoms with Gasteiger partial charge >= 0.3 is 6.61 Å². The van der Waals surface area contributed by atoms with Crippen LogP contribution in [0.25, 0.3) is 11.1 Å². The summed E-state index contributed by atoms with van der Waals surface area (Å²) in [4.78, 5) is 18.0. The average Bonchev–Trinajstić information content (AvgIpc) is 3.28. The van der Waals surface area contributed by atoms with Crippen LogP contribution in [0.2, 0.25) is 0 Å². The van der Waals surface area contributed by atoms with Crippen molar-refractivity contribution in [1.82, 2.24) is 10.1 Å². The summed E-state index contributed by atoms with van der Waals surface area (Å²) in [5, 5.41) is 6.71. The van der Waals surface area contributed by atoms with E-state index in [2.05, 4.69) is 15.5 Å². The summed E-state index contributed by atoms with van der Waals surface area (Å²) in [6, 6.07) is 18.5. The molecule has 35 heavy (non-hydrogen) atoms. The molecule has 0 fully saturated rings. The normalized spacial score (nSPS) is 10.9. The van der Waals surface area contributed by atoms with Gasteiger partial charge in [-0.25, -0.2) is 0 Å². The van der Waals surface area contributed by atoms with Gasteiger partial charge in [-0.1, -0.05) is 29.4 Å². The number of benzene rings is 3. The maximum absolute atomic E-state index is 13.1. The van der Waals surface area contributed by atoms with E-state index in [1.165, 1.54) is 31.0 Å². The van der Waals surface area contributed by atoms with E-state index in [-0.39, 0.29) is 11.7 Å². The Morgan fingerprint density at radius 1 is 1.11 bits per heavy atom. The standard InChI is InChI=1S/C25H21F2N3O4S/c1-15-28-23(30-34-15)14-35-22-6-4-3-5-19(22)24(31)29-17-9-12-21(33-25(26)27)20(13-17)16-7-10-18(32-2)11-8-16/h3-13,25H,14H2,1-2H3,(H,29,31). The molecular formula is C25H21F2N3O4S. The van der Waals surface area contributed by atoms with Gasteiger partial charge in [0.05, 0.1) is 18.4 Å². The van der Waals surface area contributed by atoms with Crippen LogP contribution in [0.4, 0.5) is 14.5 Å². The summed E-state index contributed by atoms with van der Waals surface area (Å²) in [5.74, 6) is 1.71. The molecule has 0 bridgehead atoms. The molecule has 180 valence electrons. The molecule has 0 aliphatic rings. The minimum Gasteiger partial charge on any atom is -0.497 e. The number of nitrogens with one attached hydrogen (secondary N) is 1. The molecule has 0 radical (unpaired) electrons. The average molecular weight is 498 g/mol. The maximum atomic E-state index is 13.1. The summed E-state index contributed by atoms with van der Waals surface area (Å²) in [6.45, 7) is -1.28. The van der Waals surface area contributed by atoms with E-state index in [1.54, 1.807) is 49.4 Å². The molecule has 0 spiro atoms. The van der Waals surface area contributed by atoms with Crippen molar-refractivity contribution in [2.75, 3.05) is 12.4 Å². The zero-order chi connectivity index (χ0) is 24.8. The van der Waals surface area contributed by atoms with Crippen LogP contribution >= 0.6 is 11.8 Å². The van der Waals surface area contributed by atoms with Crippen LogP contribution in [0, 0.1) is 6.92 Å². The molecule has 3 aromatic carbocycles. The molecule has 0 saturated carbocycles. The molecule has 0 saturated heterocycles. The van der Waals surface area contributed by atoms with Gasteiger partial charge in [0.25, 0.3) is 5.91 Å². The number of ether oxygens (including phenoxy) is 2. The van der Waals surface area contributed by atoms with Gasteiger partial charge in [0.15, 0.2) is 5.82 Å². The third-order valence-corrected chi connectivity index (χ3v) is 5.98. The van der Waals surface area contributed by atoms with Crippen LogP contribution in [-0.4, -0.2) is 29.8 Å². The first-order valence-electron chi connectivity index (χ1n) is 10.5. The fourth-order valence-electron chi connectivity index (χ4n) is 3.32. The van der Waals surface area contributed by atoms with E-state index in [0.717, 1.165) is 4.90 Å². The molecule has 1 heterocycles. The Morgan fingerprint density at radius 2 is 1.89 bits per heavy atom. The van der Waals surface area contributed by atoms with Crippen molar-refractivity contribution in [3.8, 4) is 22.6 Å². The fourth-order valence-corrected chi connectivity index (χ4v) is 4.22. The predicted molar refractivity (Wildman–Crippen MR) is 128 cm³/mol. The number of thioether (sulfide) groups is 1. The van der Waals surface area contributed by atoms with Crippen molar-refractivity contribution in [3.05, 3.63) is 84.0 Å². The largest absolute Gasteiger partial charge is 0.497 e. The number of carbonyl (C=O) groups excluding carboxylic acids is 1. The fraction of sp³-hybridized carbons (Fsp3) is 0.160. The summed E-state index contributed by atoms with van der Waals surface area (Å²) >= 11 is 1.40. The highest BCUT2D eigenvalue weighted by atomic mass is 32.2. The first-order chi connectivity index (χ1) is 16.9. The van der Waals surface area contributed by atoms with Crippen molar-refractivity contribution in [3.63, 3.8) is 0 Å². The van der Waals surface area contributed by atoms with E-state index in [4.69, 9.17) is 14.0 Å². The second-order valence-corrected chi connectivity index (χ2v) is 8.30. The highest BCUT2D eigenvalue weighted by Crippen LogP contribution is 2.35. The van der Waals surface area contributed by atoms with E-state index < -0.39 is 6.61 Å². The SMILES string of the molecule is COc1ccc(-c2cc(NC(=O)c3ccccc3SCc3noc(C)n3)ccc2OC(F)F)cc1. The van der Waals surface area contributed by atoms with E-state index in [0.29, 0.717) is 45.6 Å². The lowest BCUT2D eigenvalue weighted by molar-refractivity contribution is -0.0494. The third-order valence-electron chi connectivity index (χ3n) is 4.91. The van der Waals surface area contributed by atoms with Crippen LogP contribution < -0.4 is 14.8 Å². The van der Waals surface area contributed by atoms with Crippen molar-refractivity contribution in [2.24, 2.45) is 0 Å². The van der Waals surface area contributed by atoms with E-state index in [1.807, 2.05) is 12.1 Å². The number of methoxy groups -OCH3 is 1. The van der Waals surface area contributed by atoms with Crippen LogP contribution in [0.5, 0.6) is 11.5 Å². The Labute approximate surface area is 204 Å². The molecule has 1 N–H and O–H groups in total. The number of anilines is 1. The second kappa shape index (κ2) is 11.0. The number of halogens is 2. The molecule has 4 rings (SSSR count). The number of aromatic nitrogens is 2. The van der Waals surface area contributed by atoms with Crippen LogP contribution in [0.3, 0.4) is 0 Å². The lowest BCUT2D eigenvalue weighted by atomic mass is 10.0. The summed E-state index contributed by atoms with van der Waals surface area (Å²) < 4.78 is 40.8. The number of hydrogen-bond acceptors (Lipinski definition) is 7. The van der Waals surface area contributed by atoms with Crippen LogP contribution in [0.15, 0.2) is 76.1 Å². The lowest BCUT2D eigenvalue weighted by Crippen LogP contribution is -2.13. The predicted octanol–water partition coefficient (Wildman–Crippen LogP) is 6.20. The number of hydrogen-bond donors (Lipinski definition) is 1. The van der Waals surface area contributed by atoms with Crippen LogP contribution in [0.1, 0.15) is 22.1 Å². The van der Waals surface area contributed by atoms with Gasteiger partial charge < -0.3 is 19.3 Å². The monoisotopic (exact) mass is 497 g/mol. The van der Waals surface area contributed by atoms with Gasteiger partial charge in [-0.3, -0.25) is 4.79 Å². The van der Waals surface area contributed by atoms with Crippen molar-refractivity contribution in [1.29, 1.82) is 0 Å². The van der Waals surface area contributed by atoms with Crippen molar-refractivity contribution in [2.45, 2.75) is 24.2 Å². The molecule has 0 aliphatic heterocycles. The van der Waals surface area contributed by atoms with Gasteiger partial charge in [0.2, 0.25) is 5.89 Å². The molecule has 1 aromatic heterocycles. The number of nitrogens with zero attached hydrogens (tertiary/aromatic N) is 2. The minimum absolute atomic E-state index is 0.00507. The Balaban J connectivity index is 1.57. The zero-order valence-electron chi connectivity index (χ0n) is 18.8. The Bertz CT molecular complexity index is 1310. The van der Waals surface area contributed by atoms with Gasteiger partial charge in [-0.05, 0) is 48.0 Å². The van der Waals surface area contributed by atoms with Gasteiger partial charge in [0.1, 0.15) is 11.5 Å². The third kappa shape index (κ3) is 6.15. The molecular weight excluding hydrogens is 476 g/mol. The zero-order valence-corrected chi connectivity index (χ0v) is 19.6. The number of rotatable bonds is 9. The summed E-state index contributed by atoms with van der Waals surface area (Å²) in [5.41, 5.74) is 1.91. The smallest absolute Gasteiger partial charge is 0.387 e. The molecule has 7 nitrogen and oxygen atoms in total. The van der Waals surface area contributed by atoms with Gasteiger partial charge in [0, 0.05) is 23.1 Å². The molecule has 4 aromatic rings. The lowest BCUT2D eigenvalue weighted by Gasteiger charge is -2.14. The van der Waals surface area contributed by atoms with Crippen molar-refractivity contribution >= 4 is 23.4 Å². The molecule has 0 aliphatic carbocycles. The Kier molecular flexibility index (Phi) is 7.61. The number of aryl methyl sites for hydroxylation is 1. The number of amides is 1. The van der Waals surface area contributed by atoms with Gasteiger partial charge in [-0.15, -0.1) is 11.8 Å². The maximum Gasteiger partial charge on any atom is 0.387 e. The quantitative estimate of drug-likeness (QED) is 0.276. The van der Waals surface area contributed by atoms with Gasteiger partial charge in [-0.2, -0.15) is 13.8 Å². The molecule has 10 heteroatoms. The first kappa shape index (κ1) is 24.2. The topological polar surface area (TPSA) is 86.5 Å². The van der Waals surface area contributed by atoms with E-state index >= 15 is 0 Å². The van der Waals surface area contributed by atoms with Crippen LogP contribution in [-0.2, 0) is 5.75 Å². The Hall–Kier alpha value is -3.92. The molecule has 0 unspecified atom stereocenters. The summed E-state index contributed by atoms with van der Waals surface area (Å²) in [7, 11) is 1.54. The highest BCUT2D eigenvalue weighted by molar-refractivity contribution is 7.98. The number of alkyl halides is 2. The Morgan fingerprint density at radius 3 is 2.57 bits per heavy atom. The molecule has 1 amide bonds. The second-order valence-electron chi connectivity index (χ2n) is 7.29. The van der Waals surface area contributed by atoms with Crippen molar-refractivity contribution < 1.29 is 27.6 Å².